The van der Waals surface area contributed by atoms with Crippen LogP contribution in [0, 0.1) is 18.6 Å². The third-order valence-corrected chi connectivity index (χ3v) is 5.45. The molecule has 0 aliphatic carbocycles. The predicted octanol–water partition coefficient (Wildman–Crippen LogP) is 3.30. The molecule has 2 aromatic heterocycles. The average Bonchev–Trinajstić information content (AvgIpc) is 3.22. The second-order valence-electron chi connectivity index (χ2n) is 7.14. The Labute approximate surface area is 163 Å². The molecule has 142 valence electrons. The van der Waals surface area contributed by atoms with Gasteiger partial charge in [-0.05, 0) is 51.0 Å². The van der Waals surface area contributed by atoms with Crippen molar-refractivity contribution in [2.75, 3.05) is 13.1 Å². The molecule has 3 aromatic rings. The molecule has 27 heavy (non-hydrogen) atoms. The minimum atomic E-state index is 0.279. The Morgan fingerprint density at radius 2 is 2.04 bits per heavy atom. The summed E-state index contributed by atoms with van der Waals surface area (Å²) in [6.07, 6.45) is 2.17. The van der Waals surface area contributed by atoms with Crippen LogP contribution in [-0.4, -0.2) is 42.5 Å². The molecule has 0 bridgehead atoms. The van der Waals surface area contributed by atoms with E-state index in [-0.39, 0.29) is 5.92 Å². The maximum atomic E-state index is 5.70. The fraction of sp³-hybridized carbons (Fsp3) is 0.474. The van der Waals surface area contributed by atoms with Gasteiger partial charge in [0.25, 0.3) is 0 Å². The molecule has 0 radical (unpaired) electrons. The zero-order valence-corrected chi connectivity index (χ0v) is 16.5. The molecule has 1 saturated heterocycles. The number of aryl methyl sites for hydroxylation is 2. The van der Waals surface area contributed by atoms with Crippen LogP contribution in [0.1, 0.15) is 41.9 Å². The Morgan fingerprint density at radius 3 is 2.78 bits per heavy atom. The van der Waals surface area contributed by atoms with Gasteiger partial charge in [0.15, 0.2) is 10.6 Å². The first-order valence-electron chi connectivity index (χ1n) is 9.31. The van der Waals surface area contributed by atoms with Crippen molar-refractivity contribution in [3.8, 4) is 0 Å². The number of nitrogens with zero attached hydrogens (tertiary/aromatic N) is 6. The molecule has 0 saturated carbocycles. The maximum absolute atomic E-state index is 5.70. The molecule has 1 aliphatic rings. The summed E-state index contributed by atoms with van der Waals surface area (Å²) in [4.78, 5) is 6.77. The highest BCUT2D eigenvalue weighted by Crippen LogP contribution is 2.26. The molecule has 0 spiro atoms. The minimum absolute atomic E-state index is 0.279. The fourth-order valence-corrected chi connectivity index (χ4v) is 3.94. The van der Waals surface area contributed by atoms with E-state index in [0.717, 1.165) is 49.0 Å². The molecular weight excluding hydrogens is 360 g/mol. The van der Waals surface area contributed by atoms with Crippen molar-refractivity contribution in [2.24, 2.45) is 0 Å². The maximum Gasteiger partial charge on any atom is 0.231 e. The molecular formula is C19H24N6OS. The number of rotatable bonds is 5. The van der Waals surface area contributed by atoms with E-state index in [2.05, 4.69) is 36.8 Å². The van der Waals surface area contributed by atoms with E-state index in [9.17, 15) is 0 Å². The highest BCUT2D eigenvalue weighted by molar-refractivity contribution is 7.71. The normalized spacial score (nSPS) is 18.1. The first kappa shape index (κ1) is 18.1. The lowest BCUT2D eigenvalue weighted by atomic mass is 9.98. The molecule has 8 heteroatoms. The topological polar surface area (TPSA) is 64.9 Å². The van der Waals surface area contributed by atoms with Crippen LogP contribution in [0.5, 0.6) is 0 Å². The van der Waals surface area contributed by atoms with E-state index in [0.29, 0.717) is 12.5 Å². The summed E-state index contributed by atoms with van der Waals surface area (Å²) in [5.41, 5.74) is 1.22. The SMILES string of the molecule is Cc1noc(C2CCCN(Cn3nc(C)n(Cc4ccccc4)c3=S)C2)n1. The van der Waals surface area contributed by atoms with Gasteiger partial charge in [-0.3, -0.25) is 9.47 Å². The first-order chi connectivity index (χ1) is 13.1. The quantitative estimate of drug-likeness (QED) is 0.629. The zero-order valence-electron chi connectivity index (χ0n) is 15.7. The molecule has 1 aliphatic heterocycles. The second kappa shape index (κ2) is 7.74. The minimum Gasteiger partial charge on any atom is -0.339 e. The van der Waals surface area contributed by atoms with Gasteiger partial charge < -0.3 is 4.52 Å². The fourth-order valence-electron chi connectivity index (χ4n) is 3.64. The number of aromatic nitrogens is 5. The van der Waals surface area contributed by atoms with Crippen LogP contribution >= 0.6 is 12.2 Å². The second-order valence-corrected chi connectivity index (χ2v) is 7.50. The van der Waals surface area contributed by atoms with E-state index < -0.39 is 0 Å². The van der Waals surface area contributed by atoms with Crippen LogP contribution in [0.15, 0.2) is 34.9 Å². The van der Waals surface area contributed by atoms with Gasteiger partial charge in [-0.2, -0.15) is 10.1 Å². The molecule has 0 amide bonds. The number of hydrogen-bond donors (Lipinski definition) is 0. The van der Waals surface area contributed by atoms with E-state index in [4.69, 9.17) is 16.7 Å². The molecule has 7 nitrogen and oxygen atoms in total. The van der Waals surface area contributed by atoms with E-state index in [1.165, 1.54) is 5.56 Å². The van der Waals surface area contributed by atoms with Crippen molar-refractivity contribution >= 4 is 12.2 Å². The molecule has 0 N–H and O–H groups in total. The van der Waals surface area contributed by atoms with Crippen LogP contribution in [0.25, 0.3) is 0 Å². The van der Waals surface area contributed by atoms with Gasteiger partial charge in [0.1, 0.15) is 5.82 Å². The Bertz CT molecular complexity index is 960. The van der Waals surface area contributed by atoms with Gasteiger partial charge in [0, 0.05) is 6.54 Å². The zero-order chi connectivity index (χ0) is 18.8. The summed E-state index contributed by atoms with van der Waals surface area (Å²) in [6, 6.07) is 10.3. The molecule has 3 heterocycles. The highest BCUT2D eigenvalue weighted by atomic mass is 32.1. The van der Waals surface area contributed by atoms with E-state index in [1.807, 2.05) is 36.7 Å². The lowest BCUT2D eigenvalue weighted by Gasteiger charge is -2.30. The monoisotopic (exact) mass is 384 g/mol. The van der Waals surface area contributed by atoms with Crippen LogP contribution in [0.2, 0.25) is 0 Å². The molecule has 1 atom stereocenters. The summed E-state index contributed by atoms with van der Waals surface area (Å²) in [6.45, 7) is 7.20. The summed E-state index contributed by atoms with van der Waals surface area (Å²) in [7, 11) is 0. The lowest BCUT2D eigenvalue weighted by molar-refractivity contribution is 0.143. The molecule has 1 unspecified atom stereocenters. The van der Waals surface area contributed by atoms with Crippen LogP contribution in [0.4, 0.5) is 0 Å². The lowest BCUT2D eigenvalue weighted by Crippen LogP contribution is -2.36. The number of piperidine rings is 1. The molecule has 1 aromatic carbocycles. The predicted molar refractivity (Wildman–Crippen MR) is 104 cm³/mol. The van der Waals surface area contributed by atoms with Crippen LogP contribution in [0.3, 0.4) is 0 Å². The van der Waals surface area contributed by atoms with Crippen molar-refractivity contribution in [3.05, 3.63) is 58.2 Å². The van der Waals surface area contributed by atoms with Gasteiger partial charge in [0.2, 0.25) is 5.89 Å². The van der Waals surface area contributed by atoms with Gasteiger partial charge in [-0.15, -0.1) is 0 Å². The largest absolute Gasteiger partial charge is 0.339 e. The average molecular weight is 385 g/mol. The third-order valence-electron chi connectivity index (χ3n) is 5.02. The summed E-state index contributed by atoms with van der Waals surface area (Å²) >= 11 is 5.70. The van der Waals surface area contributed by atoms with Gasteiger partial charge >= 0.3 is 0 Å². The molecule has 4 rings (SSSR count). The number of likely N-dealkylation sites (tertiary alicyclic amines) is 1. The van der Waals surface area contributed by atoms with Crippen molar-refractivity contribution < 1.29 is 4.52 Å². The Kier molecular flexibility index (Phi) is 5.18. The van der Waals surface area contributed by atoms with Crippen molar-refractivity contribution in [2.45, 2.75) is 45.8 Å². The Balaban J connectivity index is 1.48. The number of hydrogen-bond acceptors (Lipinski definition) is 6. The third kappa shape index (κ3) is 4.01. The van der Waals surface area contributed by atoms with Crippen LogP contribution in [-0.2, 0) is 13.2 Å². The van der Waals surface area contributed by atoms with Crippen molar-refractivity contribution in [1.29, 1.82) is 0 Å². The van der Waals surface area contributed by atoms with Crippen molar-refractivity contribution in [3.63, 3.8) is 0 Å². The standard InChI is InChI=1S/C19H24N6OS/c1-14-20-18(26-22-14)17-9-6-10-23(12-17)13-25-19(27)24(15(2)21-25)11-16-7-4-3-5-8-16/h3-5,7-8,17H,6,9-13H2,1-2H3. The summed E-state index contributed by atoms with van der Waals surface area (Å²) < 4.78 is 10.2. The number of benzene rings is 1. The van der Waals surface area contributed by atoms with Crippen LogP contribution < -0.4 is 0 Å². The summed E-state index contributed by atoms with van der Waals surface area (Å²) in [5, 5.41) is 8.61. The van der Waals surface area contributed by atoms with E-state index >= 15 is 0 Å². The van der Waals surface area contributed by atoms with Gasteiger partial charge in [0.05, 0.1) is 19.1 Å². The Morgan fingerprint density at radius 1 is 1.22 bits per heavy atom. The van der Waals surface area contributed by atoms with Gasteiger partial charge in [-0.25, -0.2) is 4.68 Å². The smallest absolute Gasteiger partial charge is 0.231 e. The molecule has 1 fully saturated rings. The Hall–Kier alpha value is -2.32. The van der Waals surface area contributed by atoms with Crippen molar-refractivity contribution in [1.82, 2.24) is 29.4 Å². The summed E-state index contributed by atoms with van der Waals surface area (Å²) in [5.74, 6) is 2.65. The van der Waals surface area contributed by atoms with E-state index in [1.54, 1.807) is 0 Å². The highest BCUT2D eigenvalue weighted by Gasteiger charge is 2.26. The van der Waals surface area contributed by atoms with Gasteiger partial charge in [-0.1, -0.05) is 35.5 Å². The first-order valence-corrected chi connectivity index (χ1v) is 9.71.